The van der Waals surface area contributed by atoms with E-state index in [-0.39, 0.29) is 11.7 Å². The molecule has 2 N–H and O–H groups in total. The zero-order valence-corrected chi connectivity index (χ0v) is 4.79. The summed E-state index contributed by atoms with van der Waals surface area (Å²) >= 11 is 0.585. The molecule has 0 spiro atoms. The van der Waals surface area contributed by atoms with E-state index >= 15 is 0 Å². The maximum absolute atomic E-state index is 8.06. The van der Waals surface area contributed by atoms with Gasteiger partial charge in [-0.15, -0.1) is 0 Å². The van der Waals surface area contributed by atoms with Gasteiger partial charge in [0.1, 0.15) is 0 Å². The molecule has 0 unspecified atom stereocenters. The maximum atomic E-state index is 8.06. The quantitative estimate of drug-likeness (QED) is 0.323. The van der Waals surface area contributed by atoms with Crippen LogP contribution in [0.15, 0.2) is 0 Å². The number of methoxy groups -OCH3 is 1. The Morgan fingerprint density at radius 2 is 2.57 bits per heavy atom. The fourth-order valence-corrected chi connectivity index (χ4v) is 0.353. The van der Waals surface area contributed by atoms with E-state index in [9.17, 15) is 0 Å². The van der Waals surface area contributed by atoms with Crippen LogP contribution >= 0.6 is 12.0 Å². The molecule has 0 radical (unpaired) electrons. The van der Waals surface area contributed by atoms with Crippen molar-refractivity contribution in [1.29, 1.82) is 5.41 Å². The second-order valence-electron chi connectivity index (χ2n) is 0.901. The third-order valence-electron chi connectivity index (χ3n) is 0.442. The SMILES string of the molecule is COC(=N)CSO. The van der Waals surface area contributed by atoms with Crippen molar-refractivity contribution in [3.05, 3.63) is 0 Å². The van der Waals surface area contributed by atoms with E-state index in [4.69, 9.17) is 9.96 Å². The third kappa shape index (κ3) is 3.61. The summed E-state index contributed by atoms with van der Waals surface area (Å²) in [6, 6.07) is 0. The first kappa shape index (κ1) is 6.78. The molecule has 7 heavy (non-hydrogen) atoms. The molecule has 0 saturated heterocycles. The lowest BCUT2D eigenvalue weighted by molar-refractivity contribution is 0.397. The lowest BCUT2D eigenvalue weighted by Gasteiger charge is -1.94. The predicted molar refractivity (Wildman–Crippen MR) is 29.8 cm³/mol. The topological polar surface area (TPSA) is 53.3 Å². The van der Waals surface area contributed by atoms with Gasteiger partial charge in [0.2, 0.25) is 0 Å². The van der Waals surface area contributed by atoms with Crippen LogP contribution in [-0.2, 0) is 4.74 Å². The number of nitrogens with one attached hydrogen (secondary N) is 1. The van der Waals surface area contributed by atoms with E-state index in [1.807, 2.05) is 0 Å². The molecular formula is C3H7NO2S. The maximum Gasteiger partial charge on any atom is 0.192 e. The Morgan fingerprint density at radius 3 is 2.71 bits per heavy atom. The molecule has 4 heteroatoms. The first-order valence-electron chi connectivity index (χ1n) is 1.69. The molecule has 0 aromatic heterocycles. The summed E-state index contributed by atoms with van der Waals surface area (Å²) < 4.78 is 12.5. The fourth-order valence-electron chi connectivity index (χ4n) is 0.118. The van der Waals surface area contributed by atoms with E-state index in [0.29, 0.717) is 12.0 Å². The fraction of sp³-hybridized carbons (Fsp3) is 0.667. The van der Waals surface area contributed by atoms with Crippen molar-refractivity contribution in [2.45, 2.75) is 0 Å². The van der Waals surface area contributed by atoms with Crippen LogP contribution < -0.4 is 0 Å². The molecule has 0 rings (SSSR count). The summed E-state index contributed by atoms with van der Waals surface area (Å²) in [5.41, 5.74) is 0. The van der Waals surface area contributed by atoms with Crippen LogP contribution in [0.2, 0.25) is 0 Å². The largest absolute Gasteiger partial charge is 0.484 e. The molecule has 0 aromatic rings. The number of hydrogen-bond donors (Lipinski definition) is 2. The molecule has 0 saturated carbocycles. The van der Waals surface area contributed by atoms with Gasteiger partial charge in [0.05, 0.1) is 12.9 Å². The van der Waals surface area contributed by atoms with Crippen molar-refractivity contribution in [2.75, 3.05) is 12.9 Å². The normalized spacial score (nSPS) is 8.29. The molecule has 0 amide bonds. The Hall–Kier alpha value is -0.220. The van der Waals surface area contributed by atoms with Crippen LogP contribution in [0.1, 0.15) is 0 Å². The molecule has 0 fully saturated rings. The van der Waals surface area contributed by atoms with Gasteiger partial charge >= 0.3 is 0 Å². The molecule has 0 atom stereocenters. The van der Waals surface area contributed by atoms with Crippen molar-refractivity contribution in [1.82, 2.24) is 0 Å². The molecular weight excluding hydrogens is 114 g/mol. The highest BCUT2D eigenvalue weighted by atomic mass is 32.2. The summed E-state index contributed by atoms with van der Waals surface area (Å²) in [4.78, 5) is 0. The molecule has 0 heterocycles. The first-order chi connectivity index (χ1) is 3.31. The summed E-state index contributed by atoms with van der Waals surface area (Å²) in [5.74, 6) is 0.323. The summed E-state index contributed by atoms with van der Waals surface area (Å²) in [6.45, 7) is 0. The lowest BCUT2D eigenvalue weighted by Crippen LogP contribution is -2.00. The minimum absolute atomic E-state index is 0.0903. The Balaban J connectivity index is 3.00. The van der Waals surface area contributed by atoms with Crippen molar-refractivity contribution < 1.29 is 9.29 Å². The third-order valence-corrected chi connectivity index (χ3v) is 0.833. The molecule has 42 valence electrons. The number of rotatable bonds is 2. The van der Waals surface area contributed by atoms with Crippen LogP contribution in [0.4, 0.5) is 0 Å². The molecule has 0 aliphatic heterocycles. The predicted octanol–water partition coefficient (Wildman–Crippen LogP) is 0.816. The van der Waals surface area contributed by atoms with Gasteiger partial charge in [-0.2, -0.15) is 0 Å². The van der Waals surface area contributed by atoms with Gasteiger partial charge in [-0.1, -0.05) is 0 Å². The molecule has 0 aliphatic rings. The van der Waals surface area contributed by atoms with Gasteiger partial charge < -0.3 is 9.29 Å². The summed E-state index contributed by atoms with van der Waals surface area (Å²) in [7, 11) is 1.40. The van der Waals surface area contributed by atoms with Crippen molar-refractivity contribution in [3.63, 3.8) is 0 Å². The van der Waals surface area contributed by atoms with Crippen molar-refractivity contribution in [2.24, 2.45) is 0 Å². The van der Waals surface area contributed by atoms with Crippen LogP contribution in [-0.4, -0.2) is 23.3 Å². The summed E-state index contributed by atoms with van der Waals surface area (Å²) in [5, 5.41) is 6.73. The smallest absolute Gasteiger partial charge is 0.192 e. The second kappa shape index (κ2) is 3.95. The van der Waals surface area contributed by atoms with E-state index < -0.39 is 0 Å². The Labute approximate surface area is 46.4 Å². The highest BCUT2D eigenvalue weighted by Crippen LogP contribution is 1.89. The van der Waals surface area contributed by atoms with Gasteiger partial charge in [0.15, 0.2) is 5.90 Å². The highest BCUT2D eigenvalue weighted by Gasteiger charge is 1.89. The Morgan fingerprint density at radius 1 is 2.00 bits per heavy atom. The Kier molecular flexibility index (Phi) is 3.83. The van der Waals surface area contributed by atoms with Gasteiger partial charge in [-0.25, -0.2) is 0 Å². The van der Waals surface area contributed by atoms with Crippen molar-refractivity contribution in [3.8, 4) is 0 Å². The van der Waals surface area contributed by atoms with Crippen LogP contribution in [0.5, 0.6) is 0 Å². The van der Waals surface area contributed by atoms with E-state index in [2.05, 4.69) is 4.74 Å². The monoisotopic (exact) mass is 121 g/mol. The molecule has 0 aromatic carbocycles. The van der Waals surface area contributed by atoms with Crippen molar-refractivity contribution >= 4 is 17.9 Å². The van der Waals surface area contributed by atoms with E-state index in [0.717, 1.165) is 0 Å². The minimum atomic E-state index is 0.0903. The summed E-state index contributed by atoms with van der Waals surface area (Å²) in [6.07, 6.45) is 0. The minimum Gasteiger partial charge on any atom is -0.484 e. The zero-order valence-electron chi connectivity index (χ0n) is 3.97. The van der Waals surface area contributed by atoms with Gasteiger partial charge in [0, 0.05) is 0 Å². The molecule has 3 nitrogen and oxygen atoms in total. The molecule has 0 bridgehead atoms. The zero-order chi connectivity index (χ0) is 5.70. The van der Waals surface area contributed by atoms with Gasteiger partial charge in [-0.05, 0) is 12.0 Å². The van der Waals surface area contributed by atoms with Gasteiger partial charge in [0.25, 0.3) is 0 Å². The highest BCUT2D eigenvalue weighted by molar-refractivity contribution is 7.94. The van der Waals surface area contributed by atoms with Crippen LogP contribution in [0.3, 0.4) is 0 Å². The number of ether oxygens (including phenoxy) is 1. The molecule has 0 aliphatic carbocycles. The van der Waals surface area contributed by atoms with E-state index in [1.165, 1.54) is 7.11 Å². The van der Waals surface area contributed by atoms with Crippen LogP contribution in [0, 0.1) is 5.41 Å². The second-order valence-corrected chi connectivity index (χ2v) is 1.45. The van der Waals surface area contributed by atoms with Gasteiger partial charge in [-0.3, -0.25) is 5.41 Å². The first-order valence-corrected chi connectivity index (χ1v) is 2.63. The standard InChI is InChI=1S/C3H7NO2S/c1-6-3(4)2-7-5/h4-5H,2H2,1H3. The lowest BCUT2D eigenvalue weighted by atomic mass is 10.8. The Bertz CT molecular complexity index is 66.0. The average Bonchev–Trinajstić information content (AvgIpc) is 1.68. The van der Waals surface area contributed by atoms with Crippen LogP contribution in [0.25, 0.3) is 0 Å². The number of hydrogen-bond acceptors (Lipinski definition) is 4. The van der Waals surface area contributed by atoms with E-state index in [1.54, 1.807) is 0 Å². The average molecular weight is 121 g/mol.